The Labute approximate surface area is 109 Å². The lowest BCUT2D eigenvalue weighted by Crippen LogP contribution is -2.18. The zero-order valence-electron chi connectivity index (χ0n) is 10.8. The molecule has 1 aromatic carbocycles. The first kappa shape index (κ1) is 13.4. The zero-order valence-corrected chi connectivity index (χ0v) is 10.8. The van der Waals surface area contributed by atoms with Crippen LogP contribution in [0, 0.1) is 0 Å². The van der Waals surface area contributed by atoms with E-state index in [1.807, 2.05) is 0 Å². The van der Waals surface area contributed by atoms with Crippen molar-refractivity contribution in [2.24, 2.45) is 7.05 Å². The van der Waals surface area contributed by atoms with Gasteiger partial charge in [0, 0.05) is 7.05 Å². The van der Waals surface area contributed by atoms with Gasteiger partial charge in [-0.3, -0.25) is 9.36 Å². The van der Waals surface area contributed by atoms with Gasteiger partial charge in [0.25, 0.3) is 0 Å². The maximum absolute atomic E-state index is 11.4. The van der Waals surface area contributed by atoms with Crippen LogP contribution in [0.4, 0.5) is 0 Å². The summed E-state index contributed by atoms with van der Waals surface area (Å²) in [6.45, 7) is 0.610. The summed E-state index contributed by atoms with van der Waals surface area (Å²) in [5.74, 6) is -1.92. The van der Waals surface area contributed by atoms with Crippen LogP contribution in [0.5, 0.6) is 0 Å². The summed E-state index contributed by atoms with van der Waals surface area (Å²) in [5, 5.41) is 12.2. The highest BCUT2D eigenvalue weighted by molar-refractivity contribution is 5.80. The third-order valence-electron chi connectivity index (χ3n) is 3.20. The lowest BCUT2D eigenvalue weighted by atomic mass is 9.95. The van der Waals surface area contributed by atoms with E-state index in [0.717, 1.165) is 0 Å². The second-order valence-electron chi connectivity index (χ2n) is 4.44. The standard InChI is InChI=1S/C13H16N2O4/c1-14-6-5-9(12(16)17)8-3-4-11-10(7-8)15(2)13(18)19-11/h3-4,7,9,14H,5-6H2,1-2H3,(H,16,17). The number of aliphatic carboxylic acids is 1. The van der Waals surface area contributed by atoms with Crippen molar-refractivity contribution in [1.29, 1.82) is 0 Å². The molecule has 0 bridgehead atoms. The number of oxazole rings is 1. The Balaban J connectivity index is 2.45. The third kappa shape index (κ3) is 2.53. The van der Waals surface area contributed by atoms with Gasteiger partial charge in [0.2, 0.25) is 0 Å². The van der Waals surface area contributed by atoms with E-state index in [9.17, 15) is 14.7 Å². The number of carboxylic acid groups (broad SMARTS) is 1. The van der Waals surface area contributed by atoms with Gasteiger partial charge in [-0.2, -0.15) is 0 Å². The van der Waals surface area contributed by atoms with Crippen molar-refractivity contribution < 1.29 is 14.3 Å². The summed E-state index contributed by atoms with van der Waals surface area (Å²) in [4.78, 5) is 22.7. The van der Waals surface area contributed by atoms with Crippen molar-refractivity contribution in [3.8, 4) is 0 Å². The van der Waals surface area contributed by atoms with Gasteiger partial charge in [0.1, 0.15) is 0 Å². The van der Waals surface area contributed by atoms with E-state index < -0.39 is 17.6 Å². The van der Waals surface area contributed by atoms with E-state index in [1.165, 1.54) is 4.57 Å². The molecule has 1 atom stereocenters. The molecule has 1 unspecified atom stereocenters. The van der Waals surface area contributed by atoms with Crippen molar-refractivity contribution in [2.75, 3.05) is 13.6 Å². The zero-order chi connectivity index (χ0) is 14.0. The molecule has 19 heavy (non-hydrogen) atoms. The van der Waals surface area contributed by atoms with Gasteiger partial charge in [-0.05, 0) is 37.7 Å². The number of aryl methyl sites for hydroxylation is 1. The Morgan fingerprint density at radius 2 is 2.26 bits per heavy atom. The Kier molecular flexibility index (Phi) is 3.71. The van der Waals surface area contributed by atoms with Crippen LogP contribution in [0.25, 0.3) is 11.1 Å². The molecule has 1 heterocycles. The fourth-order valence-corrected chi connectivity index (χ4v) is 2.08. The number of nitrogens with one attached hydrogen (secondary N) is 1. The molecule has 0 aliphatic rings. The molecule has 2 rings (SSSR count). The number of benzene rings is 1. The molecule has 0 amide bonds. The van der Waals surface area contributed by atoms with Crippen LogP contribution < -0.4 is 11.1 Å². The number of carbonyl (C=O) groups is 1. The molecule has 0 saturated heterocycles. The molecule has 1 aromatic heterocycles. The molecule has 2 aromatic rings. The van der Waals surface area contributed by atoms with Crippen molar-refractivity contribution >= 4 is 17.1 Å². The van der Waals surface area contributed by atoms with Crippen LogP contribution in [0.1, 0.15) is 17.9 Å². The summed E-state index contributed by atoms with van der Waals surface area (Å²) < 4.78 is 6.39. The average Bonchev–Trinajstić information content (AvgIpc) is 2.66. The summed E-state index contributed by atoms with van der Waals surface area (Å²) in [6, 6.07) is 5.04. The largest absolute Gasteiger partial charge is 0.481 e. The first-order chi connectivity index (χ1) is 9.04. The maximum Gasteiger partial charge on any atom is 0.419 e. The smallest absolute Gasteiger partial charge is 0.419 e. The highest BCUT2D eigenvalue weighted by atomic mass is 16.4. The topological polar surface area (TPSA) is 84.5 Å². The minimum Gasteiger partial charge on any atom is -0.481 e. The molecule has 0 fully saturated rings. The lowest BCUT2D eigenvalue weighted by Gasteiger charge is -2.12. The SMILES string of the molecule is CNCCC(C(=O)O)c1ccc2oc(=O)n(C)c2c1. The number of hydrogen-bond donors (Lipinski definition) is 2. The van der Waals surface area contributed by atoms with Crippen LogP contribution in [0.3, 0.4) is 0 Å². The molecule has 6 heteroatoms. The van der Waals surface area contributed by atoms with Crippen molar-refractivity contribution in [2.45, 2.75) is 12.3 Å². The summed E-state index contributed by atoms with van der Waals surface area (Å²) in [6.07, 6.45) is 0.489. The lowest BCUT2D eigenvalue weighted by molar-refractivity contribution is -0.138. The van der Waals surface area contributed by atoms with E-state index >= 15 is 0 Å². The highest BCUT2D eigenvalue weighted by Crippen LogP contribution is 2.23. The summed E-state index contributed by atoms with van der Waals surface area (Å²) in [5.41, 5.74) is 1.75. The molecule has 6 nitrogen and oxygen atoms in total. The van der Waals surface area contributed by atoms with Crippen LogP contribution in [-0.4, -0.2) is 29.2 Å². The van der Waals surface area contributed by atoms with Gasteiger partial charge < -0.3 is 14.8 Å². The number of rotatable bonds is 5. The molecule has 0 aliphatic carbocycles. The van der Waals surface area contributed by atoms with E-state index in [-0.39, 0.29) is 0 Å². The average molecular weight is 264 g/mol. The number of aromatic nitrogens is 1. The quantitative estimate of drug-likeness (QED) is 0.838. The third-order valence-corrected chi connectivity index (χ3v) is 3.20. The Morgan fingerprint density at radius 1 is 1.53 bits per heavy atom. The molecular weight excluding hydrogens is 248 g/mol. The van der Waals surface area contributed by atoms with Gasteiger partial charge in [-0.15, -0.1) is 0 Å². The fraction of sp³-hybridized carbons (Fsp3) is 0.385. The fourth-order valence-electron chi connectivity index (χ4n) is 2.08. The Hall–Kier alpha value is -2.08. The molecule has 102 valence electrons. The van der Waals surface area contributed by atoms with E-state index in [4.69, 9.17) is 4.42 Å². The Bertz CT molecular complexity index is 656. The molecule has 2 N–H and O–H groups in total. The van der Waals surface area contributed by atoms with Gasteiger partial charge in [0.15, 0.2) is 5.58 Å². The minimum atomic E-state index is -0.872. The molecular formula is C13H16N2O4. The van der Waals surface area contributed by atoms with Crippen molar-refractivity contribution in [1.82, 2.24) is 9.88 Å². The first-order valence-corrected chi connectivity index (χ1v) is 6.01. The number of nitrogens with zero attached hydrogens (tertiary/aromatic N) is 1. The summed E-state index contributed by atoms with van der Waals surface area (Å²) in [7, 11) is 3.38. The predicted octanol–water partition coefficient (Wildman–Crippen LogP) is 0.909. The van der Waals surface area contributed by atoms with Crippen LogP contribution in [0.2, 0.25) is 0 Å². The minimum absolute atomic E-state index is 0.450. The van der Waals surface area contributed by atoms with Crippen LogP contribution in [-0.2, 0) is 11.8 Å². The molecule has 0 saturated carbocycles. The predicted molar refractivity (Wildman–Crippen MR) is 70.4 cm³/mol. The number of hydrogen-bond acceptors (Lipinski definition) is 4. The summed E-state index contributed by atoms with van der Waals surface area (Å²) >= 11 is 0. The second kappa shape index (κ2) is 5.27. The van der Waals surface area contributed by atoms with E-state index in [0.29, 0.717) is 29.6 Å². The highest BCUT2D eigenvalue weighted by Gasteiger charge is 2.20. The van der Waals surface area contributed by atoms with Crippen LogP contribution in [0.15, 0.2) is 27.4 Å². The van der Waals surface area contributed by atoms with Gasteiger partial charge in [-0.25, -0.2) is 4.79 Å². The number of fused-ring (bicyclic) bond motifs is 1. The molecule has 0 aliphatic heterocycles. The normalized spacial score (nSPS) is 12.7. The van der Waals surface area contributed by atoms with Crippen molar-refractivity contribution in [3.05, 3.63) is 34.3 Å². The molecule has 0 radical (unpaired) electrons. The first-order valence-electron chi connectivity index (χ1n) is 6.01. The van der Waals surface area contributed by atoms with Crippen LogP contribution >= 0.6 is 0 Å². The Morgan fingerprint density at radius 3 is 2.89 bits per heavy atom. The maximum atomic E-state index is 11.4. The second-order valence-corrected chi connectivity index (χ2v) is 4.44. The van der Waals surface area contributed by atoms with Gasteiger partial charge in [-0.1, -0.05) is 6.07 Å². The number of carboxylic acids is 1. The monoisotopic (exact) mass is 264 g/mol. The van der Waals surface area contributed by atoms with Gasteiger partial charge in [0.05, 0.1) is 11.4 Å². The van der Waals surface area contributed by atoms with Gasteiger partial charge >= 0.3 is 11.7 Å². The molecule has 0 spiro atoms. The van der Waals surface area contributed by atoms with E-state index in [2.05, 4.69) is 5.32 Å². The van der Waals surface area contributed by atoms with E-state index in [1.54, 1.807) is 32.3 Å². The van der Waals surface area contributed by atoms with Crippen molar-refractivity contribution in [3.63, 3.8) is 0 Å².